The Morgan fingerprint density at radius 1 is 1.26 bits per heavy atom. The summed E-state index contributed by atoms with van der Waals surface area (Å²) in [5.41, 5.74) is 1.22. The summed E-state index contributed by atoms with van der Waals surface area (Å²) in [5.74, 6) is 0.178. The number of benzene rings is 1. The molecule has 1 saturated heterocycles. The summed E-state index contributed by atoms with van der Waals surface area (Å²) in [4.78, 5) is 14.0. The van der Waals surface area contributed by atoms with Crippen molar-refractivity contribution in [1.29, 1.82) is 0 Å². The fourth-order valence-corrected chi connectivity index (χ4v) is 2.26. The SMILES string of the molecule is COCCOCCC(=O)N1CCC1c1ccccc1. The van der Waals surface area contributed by atoms with E-state index in [1.54, 1.807) is 7.11 Å². The fraction of sp³-hybridized carbons (Fsp3) is 0.533. The molecule has 4 nitrogen and oxygen atoms in total. The van der Waals surface area contributed by atoms with Crippen molar-refractivity contribution < 1.29 is 14.3 Å². The van der Waals surface area contributed by atoms with Crippen LogP contribution in [0.2, 0.25) is 0 Å². The van der Waals surface area contributed by atoms with Gasteiger partial charge in [-0.1, -0.05) is 30.3 Å². The van der Waals surface area contributed by atoms with Gasteiger partial charge in [0.05, 0.1) is 32.3 Å². The summed E-state index contributed by atoms with van der Waals surface area (Å²) >= 11 is 0. The molecule has 0 spiro atoms. The molecule has 1 aliphatic heterocycles. The molecule has 0 aromatic heterocycles. The highest BCUT2D eigenvalue weighted by atomic mass is 16.5. The van der Waals surface area contributed by atoms with Gasteiger partial charge < -0.3 is 14.4 Å². The summed E-state index contributed by atoms with van der Waals surface area (Å²) in [6.45, 7) is 2.45. The molecule has 1 unspecified atom stereocenters. The number of nitrogens with zero attached hydrogens (tertiary/aromatic N) is 1. The first-order valence-corrected chi connectivity index (χ1v) is 6.74. The zero-order valence-electron chi connectivity index (χ0n) is 11.4. The van der Waals surface area contributed by atoms with Gasteiger partial charge >= 0.3 is 0 Å². The molecule has 19 heavy (non-hydrogen) atoms. The lowest BCUT2D eigenvalue weighted by Crippen LogP contribution is -2.45. The van der Waals surface area contributed by atoms with Gasteiger partial charge in [-0.25, -0.2) is 0 Å². The molecule has 1 fully saturated rings. The normalized spacial score (nSPS) is 18.2. The predicted octanol–water partition coefficient (Wildman–Crippen LogP) is 2.01. The van der Waals surface area contributed by atoms with Crippen molar-refractivity contribution in [3.8, 4) is 0 Å². The summed E-state index contributed by atoms with van der Waals surface area (Å²) < 4.78 is 10.2. The lowest BCUT2D eigenvalue weighted by atomic mass is 9.94. The molecule has 0 saturated carbocycles. The number of ether oxygens (including phenoxy) is 2. The van der Waals surface area contributed by atoms with Crippen LogP contribution in [0.1, 0.15) is 24.4 Å². The monoisotopic (exact) mass is 263 g/mol. The number of rotatable bonds is 7. The Labute approximate surface area is 114 Å². The molecule has 1 aliphatic rings. The minimum Gasteiger partial charge on any atom is -0.382 e. The molecular weight excluding hydrogens is 242 g/mol. The van der Waals surface area contributed by atoms with Gasteiger partial charge in [0.25, 0.3) is 0 Å². The summed E-state index contributed by atoms with van der Waals surface area (Å²) in [6.07, 6.45) is 1.51. The molecule has 1 aromatic carbocycles. The summed E-state index contributed by atoms with van der Waals surface area (Å²) in [7, 11) is 1.64. The van der Waals surface area contributed by atoms with E-state index >= 15 is 0 Å². The Balaban J connectivity index is 1.74. The van der Waals surface area contributed by atoms with Gasteiger partial charge in [-0.2, -0.15) is 0 Å². The number of carbonyl (C=O) groups is 1. The number of likely N-dealkylation sites (tertiary alicyclic amines) is 1. The van der Waals surface area contributed by atoms with Crippen molar-refractivity contribution in [3.05, 3.63) is 35.9 Å². The first-order chi connectivity index (χ1) is 9.33. The maximum atomic E-state index is 12.1. The van der Waals surface area contributed by atoms with Crippen molar-refractivity contribution in [2.24, 2.45) is 0 Å². The standard InChI is InChI=1S/C15H21NO3/c1-18-11-12-19-10-8-15(17)16-9-7-14(16)13-5-3-2-4-6-13/h2-6,14H,7-12H2,1H3. The maximum Gasteiger partial charge on any atom is 0.225 e. The highest BCUT2D eigenvalue weighted by Gasteiger charge is 2.32. The molecule has 1 aromatic rings. The summed E-state index contributed by atoms with van der Waals surface area (Å²) in [5, 5.41) is 0. The van der Waals surface area contributed by atoms with Gasteiger partial charge in [-0.15, -0.1) is 0 Å². The quantitative estimate of drug-likeness (QED) is 0.706. The van der Waals surface area contributed by atoms with Gasteiger partial charge in [-0.05, 0) is 12.0 Å². The average molecular weight is 263 g/mol. The number of hydrogen-bond donors (Lipinski definition) is 0. The molecule has 1 amide bonds. The molecule has 0 radical (unpaired) electrons. The van der Waals surface area contributed by atoms with Gasteiger partial charge in [0.1, 0.15) is 0 Å². The van der Waals surface area contributed by atoms with E-state index in [9.17, 15) is 4.79 Å². The van der Waals surface area contributed by atoms with Gasteiger partial charge in [0.2, 0.25) is 5.91 Å². The predicted molar refractivity (Wildman–Crippen MR) is 72.8 cm³/mol. The smallest absolute Gasteiger partial charge is 0.225 e. The average Bonchev–Trinajstić information content (AvgIpc) is 2.38. The zero-order chi connectivity index (χ0) is 13.5. The summed E-state index contributed by atoms with van der Waals surface area (Å²) in [6, 6.07) is 10.5. The van der Waals surface area contributed by atoms with Crippen LogP contribution in [-0.4, -0.2) is 44.3 Å². The molecule has 4 heteroatoms. The zero-order valence-corrected chi connectivity index (χ0v) is 11.4. The van der Waals surface area contributed by atoms with E-state index in [-0.39, 0.29) is 11.9 Å². The minimum absolute atomic E-state index is 0.178. The second-order valence-corrected chi connectivity index (χ2v) is 4.66. The lowest BCUT2D eigenvalue weighted by molar-refractivity contribution is -0.140. The van der Waals surface area contributed by atoms with E-state index in [1.807, 2.05) is 23.1 Å². The topological polar surface area (TPSA) is 38.8 Å². The Hall–Kier alpha value is -1.39. The van der Waals surface area contributed by atoms with Crippen LogP contribution in [0.5, 0.6) is 0 Å². The van der Waals surface area contributed by atoms with Gasteiger partial charge in [0, 0.05) is 13.7 Å². The van der Waals surface area contributed by atoms with Crippen molar-refractivity contribution >= 4 is 5.91 Å². The molecule has 0 aliphatic carbocycles. The van der Waals surface area contributed by atoms with Crippen LogP contribution < -0.4 is 0 Å². The van der Waals surface area contributed by atoms with Crippen LogP contribution in [0.25, 0.3) is 0 Å². The first kappa shape index (κ1) is 14.0. The van der Waals surface area contributed by atoms with E-state index in [0.717, 1.165) is 13.0 Å². The van der Waals surface area contributed by atoms with Crippen LogP contribution >= 0.6 is 0 Å². The van der Waals surface area contributed by atoms with Gasteiger partial charge in [0.15, 0.2) is 0 Å². The molecule has 1 heterocycles. The molecular formula is C15H21NO3. The van der Waals surface area contributed by atoms with Crippen LogP contribution in [0.3, 0.4) is 0 Å². The van der Waals surface area contributed by atoms with Crippen molar-refractivity contribution in [1.82, 2.24) is 4.90 Å². The van der Waals surface area contributed by atoms with E-state index in [1.165, 1.54) is 5.56 Å². The second kappa shape index (κ2) is 7.26. The Morgan fingerprint density at radius 3 is 2.68 bits per heavy atom. The fourth-order valence-electron chi connectivity index (χ4n) is 2.26. The highest BCUT2D eigenvalue weighted by Crippen LogP contribution is 2.33. The maximum absolute atomic E-state index is 12.1. The van der Waals surface area contributed by atoms with E-state index in [2.05, 4.69) is 12.1 Å². The first-order valence-electron chi connectivity index (χ1n) is 6.74. The third kappa shape index (κ3) is 3.78. The molecule has 2 rings (SSSR count). The van der Waals surface area contributed by atoms with Crippen LogP contribution in [0.15, 0.2) is 30.3 Å². The van der Waals surface area contributed by atoms with E-state index in [0.29, 0.717) is 26.2 Å². The van der Waals surface area contributed by atoms with Crippen molar-refractivity contribution in [2.45, 2.75) is 18.9 Å². The molecule has 0 bridgehead atoms. The van der Waals surface area contributed by atoms with E-state index < -0.39 is 0 Å². The van der Waals surface area contributed by atoms with Gasteiger partial charge in [-0.3, -0.25) is 4.79 Å². The third-order valence-electron chi connectivity index (χ3n) is 3.42. The Bertz CT molecular complexity index is 394. The molecule has 1 atom stereocenters. The minimum atomic E-state index is 0.178. The second-order valence-electron chi connectivity index (χ2n) is 4.66. The van der Waals surface area contributed by atoms with Crippen molar-refractivity contribution in [2.75, 3.05) is 33.5 Å². The number of methoxy groups -OCH3 is 1. The van der Waals surface area contributed by atoms with Crippen LogP contribution in [-0.2, 0) is 14.3 Å². The Morgan fingerprint density at radius 2 is 2.05 bits per heavy atom. The highest BCUT2D eigenvalue weighted by molar-refractivity contribution is 5.77. The number of carbonyl (C=O) groups excluding carboxylic acids is 1. The van der Waals surface area contributed by atoms with Crippen molar-refractivity contribution in [3.63, 3.8) is 0 Å². The van der Waals surface area contributed by atoms with E-state index in [4.69, 9.17) is 9.47 Å². The Kier molecular flexibility index (Phi) is 5.36. The number of amides is 1. The largest absolute Gasteiger partial charge is 0.382 e. The lowest BCUT2D eigenvalue weighted by Gasteiger charge is -2.41. The third-order valence-corrected chi connectivity index (χ3v) is 3.42. The van der Waals surface area contributed by atoms with Crippen LogP contribution in [0.4, 0.5) is 0 Å². The van der Waals surface area contributed by atoms with Crippen LogP contribution in [0, 0.1) is 0 Å². The molecule has 104 valence electrons. The molecule has 0 N–H and O–H groups in total. The number of hydrogen-bond acceptors (Lipinski definition) is 3.